The number of pyridine rings is 1. The lowest BCUT2D eigenvalue weighted by molar-refractivity contribution is 0.283. The highest BCUT2D eigenvalue weighted by atomic mass is 14.9. The van der Waals surface area contributed by atoms with Crippen molar-refractivity contribution >= 4 is 11.0 Å². The molecule has 1 fully saturated rings. The van der Waals surface area contributed by atoms with Gasteiger partial charge in [-0.25, -0.2) is 4.98 Å². The molecule has 18 heavy (non-hydrogen) atoms. The van der Waals surface area contributed by atoms with Gasteiger partial charge in [0.2, 0.25) is 0 Å². The van der Waals surface area contributed by atoms with E-state index in [1.54, 1.807) is 0 Å². The molecule has 1 saturated carbocycles. The summed E-state index contributed by atoms with van der Waals surface area (Å²) in [5.74, 6) is 0. The predicted molar refractivity (Wildman–Crippen MR) is 74.4 cm³/mol. The molecule has 3 nitrogen and oxygen atoms in total. The Morgan fingerprint density at radius 3 is 3.17 bits per heavy atom. The Morgan fingerprint density at radius 2 is 2.39 bits per heavy atom. The van der Waals surface area contributed by atoms with Gasteiger partial charge in [-0.05, 0) is 36.0 Å². The van der Waals surface area contributed by atoms with Crippen molar-refractivity contribution in [1.82, 2.24) is 15.3 Å². The molecule has 2 N–H and O–H groups in total. The summed E-state index contributed by atoms with van der Waals surface area (Å²) in [4.78, 5) is 7.56. The molecule has 0 amide bonds. The highest BCUT2D eigenvalue weighted by molar-refractivity contribution is 5.79. The van der Waals surface area contributed by atoms with Gasteiger partial charge in [0.25, 0.3) is 0 Å². The van der Waals surface area contributed by atoms with E-state index in [9.17, 15) is 0 Å². The normalized spacial score (nSPS) is 22.7. The van der Waals surface area contributed by atoms with Crippen LogP contribution in [0, 0.1) is 5.41 Å². The molecule has 1 aliphatic rings. The zero-order chi connectivity index (χ0) is 12.6. The monoisotopic (exact) mass is 243 g/mol. The lowest BCUT2D eigenvalue weighted by atomic mass is 9.87. The summed E-state index contributed by atoms with van der Waals surface area (Å²) in [5.41, 5.74) is 2.74. The van der Waals surface area contributed by atoms with E-state index in [2.05, 4.69) is 41.4 Å². The molecule has 0 radical (unpaired) electrons. The van der Waals surface area contributed by atoms with E-state index in [1.807, 2.05) is 12.3 Å². The fraction of sp³-hybridized carbons (Fsp3) is 0.533. The van der Waals surface area contributed by atoms with E-state index in [0.717, 1.165) is 12.2 Å². The van der Waals surface area contributed by atoms with Gasteiger partial charge >= 0.3 is 0 Å². The van der Waals surface area contributed by atoms with Gasteiger partial charge in [0.05, 0.1) is 0 Å². The average Bonchev–Trinajstić information content (AvgIpc) is 2.90. The van der Waals surface area contributed by atoms with E-state index in [0.29, 0.717) is 11.5 Å². The van der Waals surface area contributed by atoms with Crippen molar-refractivity contribution in [3.8, 4) is 0 Å². The summed E-state index contributed by atoms with van der Waals surface area (Å²) in [7, 11) is 0. The van der Waals surface area contributed by atoms with Gasteiger partial charge in [0.15, 0.2) is 0 Å². The molecular formula is C15H21N3. The number of H-pyrrole nitrogens is 1. The molecule has 0 saturated heterocycles. The van der Waals surface area contributed by atoms with Crippen LogP contribution < -0.4 is 5.32 Å². The molecule has 0 aliphatic heterocycles. The minimum Gasteiger partial charge on any atom is -0.346 e. The molecule has 2 aromatic rings. The average molecular weight is 243 g/mol. The summed E-state index contributed by atoms with van der Waals surface area (Å²) in [6.45, 7) is 5.67. The van der Waals surface area contributed by atoms with Crippen molar-refractivity contribution < 1.29 is 0 Å². The zero-order valence-corrected chi connectivity index (χ0v) is 11.2. The zero-order valence-electron chi connectivity index (χ0n) is 11.2. The van der Waals surface area contributed by atoms with Gasteiger partial charge in [0.1, 0.15) is 5.65 Å². The van der Waals surface area contributed by atoms with Crippen LogP contribution in [0.25, 0.3) is 11.0 Å². The first-order chi connectivity index (χ1) is 8.67. The Balaban J connectivity index is 1.74. The molecule has 3 rings (SSSR count). The maximum absolute atomic E-state index is 4.33. The first-order valence-electron chi connectivity index (χ1n) is 6.81. The van der Waals surface area contributed by atoms with E-state index in [-0.39, 0.29) is 0 Å². The first kappa shape index (κ1) is 11.7. The lowest BCUT2D eigenvalue weighted by Crippen LogP contribution is -2.37. The number of nitrogens with zero attached hydrogens (tertiary/aromatic N) is 1. The van der Waals surface area contributed by atoms with Gasteiger partial charge in [-0.3, -0.25) is 0 Å². The third-order valence-corrected chi connectivity index (χ3v) is 4.33. The van der Waals surface area contributed by atoms with Crippen LogP contribution in [0.3, 0.4) is 0 Å². The molecule has 0 aromatic carbocycles. The van der Waals surface area contributed by atoms with Crippen molar-refractivity contribution in [3.63, 3.8) is 0 Å². The molecule has 3 heteroatoms. The largest absolute Gasteiger partial charge is 0.346 e. The van der Waals surface area contributed by atoms with E-state index in [1.165, 1.54) is 30.2 Å². The fourth-order valence-electron chi connectivity index (χ4n) is 3.10. The predicted octanol–water partition coefficient (Wildman–Crippen LogP) is 3.23. The van der Waals surface area contributed by atoms with Crippen LogP contribution in [0.15, 0.2) is 24.5 Å². The third kappa shape index (κ3) is 2.03. The van der Waals surface area contributed by atoms with E-state index >= 15 is 0 Å². The van der Waals surface area contributed by atoms with Gasteiger partial charge in [-0.2, -0.15) is 0 Å². The number of aromatic nitrogens is 2. The van der Waals surface area contributed by atoms with Crippen LogP contribution >= 0.6 is 0 Å². The number of aromatic amines is 1. The van der Waals surface area contributed by atoms with Crippen LogP contribution in [0.1, 0.15) is 38.7 Å². The molecule has 2 aromatic heterocycles. The quantitative estimate of drug-likeness (QED) is 0.869. The van der Waals surface area contributed by atoms with Crippen molar-refractivity contribution in [3.05, 3.63) is 30.1 Å². The van der Waals surface area contributed by atoms with Crippen LogP contribution in [0.4, 0.5) is 0 Å². The van der Waals surface area contributed by atoms with E-state index in [4.69, 9.17) is 0 Å². The van der Waals surface area contributed by atoms with Gasteiger partial charge in [-0.15, -0.1) is 0 Å². The molecule has 1 atom stereocenters. The topological polar surface area (TPSA) is 40.7 Å². The Kier molecular flexibility index (Phi) is 2.86. The molecule has 0 bridgehead atoms. The van der Waals surface area contributed by atoms with Crippen LogP contribution in [-0.4, -0.2) is 16.0 Å². The smallest absolute Gasteiger partial charge is 0.137 e. The number of fused-ring (bicyclic) bond motifs is 1. The Hall–Kier alpha value is -1.35. The van der Waals surface area contributed by atoms with Crippen LogP contribution in [0.5, 0.6) is 0 Å². The van der Waals surface area contributed by atoms with Gasteiger partial charge < -0.3 is 10.3 Å². The molecular weight excluding hydrogens is 222 g/mol. The van der Waals surface area contributed by atoms with Crippen LogP contribution in [0.2, 0.25) is 0 Å². The Labute approximate surface area is 108 Å². The summed E-state index contributed by atoms with van der Waals surface area (Å²) in [6, 6.07) is 4.77. The fourth-order valence-corrected chi connectivity index (χ4v) is 3.10. The lowest BCUT2D eigenvalue weighted by Gasteiger charge is -2.27. The highest BCUT2D eigenvalue weighted by Gasteiger charge is 2.33. The number of rotatable bonds is 3. The SMILES string of the molecule is CC1(C)CCCC1NCc1c[nH]c2ncccc12. The van der Waals surface area contributed by atoms with Crippen molar-refractivity contribution in [1.29, 1.82) is 0 Å². The maximum atomic E-state index is 4.33. The first-order valence-corrected chi connectivity index (χ1v) is 6.81. The number of hydrogen-bond donors (Lipinski definition) is 2. The summed E-state index contributed by atoms with van der Waals surface area (Å²) in [5, 5.41) is 4.96. The number of nitrogens with one attached hydrogen (secondary N) is 2. The molecule has 0 spiro atoms. The summed E-state index contributed by atoms with van der Waals surface area (Å²) in [6.07, 6.45) is 7.89. The Bertz CT molecular complexity index is 541. The molecule has 96 valence electrons. The minimum absolute atomic E-state index is 0.435. The minimum atomic E-state index is 0.435. The summed E-state index contributed by atoms with van der Waals surface area (Å²) >= 11 is 0. The highest BCUT2D eigenvalue weighted by Crippen LogP contribution is 2.37. The molecule has 2 heterocycles. The second-order valence-electron chi connectivity index (χ2n) is 6.03. The van der Waals surface area contributed by atoms with Gasteiger partial charge in [-0.1, -0.05) is 20.3 Å². The van der Waals surface area contributed by atoms with Gasteiger partial charge in [0, 0.05) is 30.4 Å². The molecule has 1 unspecified atom stereocenters. The summed E-state index contributed by atoms with van der Waals surface area (Å²) < 4.78 is 0. The third-order valence-electron chi connectivity index (χ3n) is 4.33. The van der Waals surface area contributed by atoms with E-state index < -0.39 is 0 Å². The van der Waals surface area contributed by atoms with Crippen molar-refractivity contribution in [2.24, 2.45) is 5.41 Å². The maximum Gasteiger partial charge on any atom is 0.137 e. The standard InChI is InChI=1S/C15H21N3/c1-15(2)7-3-6-13(15)17-9-11-10-18-14-12(11)5-4-8-16-14/h4-5,8,10,13,17H,3,6-7,9H2,1-2H3,(H,16,18). The Morgan fingerprint density at radius 1 is 1.50 bits per heavy atom. The second kappa shape index (κ2) is 4.39. The second-order valence-corrected chi connectivity index (χ2v) is 6.03. The van der Waals surface area contributed by atoms with Crippen molar-refractivity contribution in [2.45, 2.75) is 45.7 Å². The molecule has 1 aliphatic carbocycles. The van der Waals surface area contributed by atoms with Crippen LogP contribution in [-0.2, 0) is 6.54 Å². The van der Waals surface area contributed by atoms with Crippen molar-refractivity contribution in [2.75, 3.05) is 0 Å². The number of hydrogen-bond acceptors (Lipinski definition) is 2.